The van der Waals surface area contributed by atoms with E-state index in [1.165, 1.54) is 43.4 Å². The lowest BCUT2D eigenvalue weighted by Gasteiger charge is -2.21. The molecule has 0 amide bonds. The smallest absolute Gasteiger partial charge is 0.103 e. The van der Waals surface area contributed by atoms with E-state index in [9.17, 15) is 0 Å². The molecule has 1 nitrogen and oxygen atoms in total. The summed E-state index contributed by atoms with van der Waals surface area (Å²) in [6, 6.07) is 8.90. The van der Waals surface area contributed by atoms with Crippen molar-refractivity contribution >= 4 is 5.69 Å². The quantitative estimate of drug-likeness (QED) is 0.544. The first kappa shape index (κ1) is 9.72. The topological polar surface area (TPSA) is 16.6 Å². The van der Waals surface area contributed by atoms with Gasteiger partial charge in [0.15, 0.2) is 0 Å². The van der Waals surface area contributed by atoms with E-state index in [0.29, 0.717) is 0 Å². The average molecular weight is 189 g/mol. The maximum atomic E-state index is 3.77. The van der Waals surface area contributed by atoms with Crippen molar-refractivity contribution in [2.75, 3.05) is 0 Å². The Hall–Kier alpha value is -0.820. The zero-order chi connectivity index (χ0) is 9.80. The zero-order valence-electron chi connectivity index (χ0n) is 8.71. The minimum absolute atomic E-state index is 0.822. The van der Waals surface area contributed by atoms with Gasteiger partial charge in [-0.2, -0.15) is 0 Å². The largest absolute Gasteiger partial charge is 0.446 e. The van der Waals surface area contributed by atoms with Crippen LogP contribution in [0, 0.1) is 7.05 Å². The summed E-state index contributed by atoms with van der Waals surface area (Å²) in [5.41, 5.74) is 2.75. The number of rotatable bonds is 2. The van der Waals surface area contributed by atoms with E-state index < -0.39 is 0 Å². The summed E-state index contributed by atoms with van der Waals surface area (Å²) in [5, 5.41) is 1.91. The number of hydrogen-bond donors (Lipinski definition) is 1. The van der Waals surface area contributed by atoms with Gasteiger partial charge in [-0.15, -0.1) is 7.05 Å². The molecule has 0 spiro atoms. The Bertz CT molecular complexity index is 270. The molecule has 0 saturated heterocycles. The molecule has 1 aliphatic carbocycles. The van der Waals surface area contributed by atoms with Crippen molar-refractivity contribution in [3.63, 3.8) is 0 Å². The van der Waals surface area contributed by atoms with Crippen LogP contribution >= 0.6 is 0 Å². The number of hydrogen-bond acceptors (Lipinski definition) is 0. The van der Waals surface area contributed by atoms with E-state index in [0.717, 1.165) is 5.92 Å². The van der Waals surface area contributed by atoms with Crippen LogP contribution in [0.4, 0.5) is 5.69 Å². The first-order valence-electron chi connectivity index (χ1n) is 5.62. The molecule has 1 aromatic rings. The minimum Gasteiger partial charge on any atom is -0.446 e. The van der Waals surface area contributed by atoms with E-state index in [4.69, 9.17) is 0 Å². The highest BCUT2D eigenvalue weighted by molar-refractivity contribution is 5.33. The molecule has 1 heteroatoms. The summed E-state index contributed by atoms with van der Waals surface area (Å²) >= 11 is 0. The summed E-state index contributed by atoms with van der Waals surface area (Å²) in [4.78, 5) is 0. The van der Waals surface area contributed by atoms with Crippen LogP contribution in [-0.4, -0.2) is 0 Å². The predicted molar refractivity (Wildman–Crippen MR) is 59.2 cm³/mol. The Morgan fingerprint density at radius 2 is 1.64 bits per heavy atom. The molecule has 0 radical (unpaired) electrons. The summed E-state index contributed by atoms with van der Waals surface area (Å²) in [7, 11) is 3.77. The first-order valence-corrected chi connectivity index (χ1v) is 5.62. The van der Waals surface area contributed by atoms with E-state index >= 15 is 0 Å². The van der Waals surface area contributed by atoms with Crippen molar-refractivity contribution in [2.24, 2.45) is 0 Å². The van der Waals surface area contributed by atoms with Gasteiger partial charge in [-0.3, -0.25) is 0 Å². The van der Waals surface area contributed by atoms with Crippen molar-refractivity contribution in [1.82, 2.24) is 0 Å². The summed E-state index contributed by atoms with van der Waals surface area (Å²) in [6.07, 6.45) is 7.02. The highest BCUT2D eigenvalue weighted by Crippen LogP contribution is 2.32. The molecule has 0 aliphatic heterocycles. The summed E-state index contributed by atoms with van der Waals surface area (Å²) < 4.78 is 0. The second kappa shape index (κ2) is 4.61. The third kappa shape index (κ3) is 2.16. The normalized spacial score (nSPS) is 18.4. The Labute approximate surface area is 86.5 Å². The van der Waals surface area contributed by atoms with Crippen LogP contribution < -0.4 is 5.32 Å². The molecule has 0 bridgehead atoms. The second-order valence-electron chi connectivity index (χ2n) is 4.21. The number of quaternary nitrogens is 1. The molecule has 0 aromatic heterocycles. The van der Waals surface area contributed by atoms with Gasteiger partial charge >= 0.3 is 0 Å². The van der Waals surface area contributed by atoms with E-state index in [1.807, 2.05) is 5.32 Å². The first-order chi connectivity index (χ1) is 6.90. The van der Waals surface area contributed by atoms with Gasteiger partial charge in [0.25, 0.3) is 0 Å². The summed E-state index contributed by atoms with van der Waals surface area (Å²) in [5.74, 6) is 0.822. The van der Waals surface area contributed by atoms with Crippen LogP contribution in [0.15, 0.2) is 24.3 Å². The molecule has 1 saturated carbocycles. The molecule has 0 atom stereocenters. The fraction of sp³-hybridized carbons (Fsp3) is 0.462. The van der Waals surface area contributed by atoms with Gasteiger partial charge in [-0.25, -0.2) is 0 Å². The van der Waals surface area contributed by atoms with Gasteiger partial charge in [0, 0.05) is 0 Å². The Morgan fingerprint density at radius 3 is 2.21 bits per heavy atom. The van der Waals surface area contributed by atoms with E-state index in [2.05, 4.69) is 31.3 Å². The van der Waals surface area contributed by atoms with Gasteiger partial charge < -0.3 is 5.32 Å². The minimum atomic E-state index is 0.822. The molecule has 2 N–H and O–H groups in total. The SMILES string of the molecule is [CH2-][NH2+]c1ccc(C2CCCCC2)cc1. The lowest BCUT2D eigenvalue weighted by molar-refractivity contribution is -0.504. The third-order valence-corrected chi connectivity index (χ3v) is 3.25. The van der Waals surface area contributed by atoms with Crippen LogP contribution in [0.3, 0.4) is 0 Å². The number of nitrogens with two attached hydrogens (primary N) is 1. The molecule has 1 aromatic carbocycles. The maximum Gasteiger partial charge on any atom is 0.103 e. The molecule has 0 unspecified atom stereocenters. The maximum absolute atomic E-state index is 3.77. The highest BCUT2D eigenvalue weighted by atomic mass is 14.8. The van der Waals surface area contributed by atoms with Crippen molar-refractivity contribution in [2.45, 2.75) is 38.0 Å². The Kier molecular flexibility index (Phi) is 3.20. The van der Waals surface area contributed by atoms with Crippen LogP contribution in [0.5, 0.6) is 0 Å². The van der Waals surface area contributed by atoms with Crippen LogP contribution in [0.1, 0.15) is 43.6 Å². The molecule has 1 fully saturated rings. The second-order valence-corrected chi connectivity index (χ2v) is 4.21. The monoisotopic (exact) mass is 189 g/mol. The summed E-state index contributed by atoms with van der Waals surface area (Å²) in [6.45, 7) is 0. The molecular formula is C13H19N. The lowest BCUT2D eigenvalue weighted by atomic mass is 9.84. The fourth-order valence-electron chi connectivity index (χ4n) is 2.34. The van der Waals surface area contributed by atoms with E-state index in [-0.39, 0.29) is 0 Å². The van der Waals surface area contributed by atoms with Gasteiger partial charge in [-0.05, 0) is 36.5 Å². The average Bonchev–Trinajstić information content (AvgIpc) is 2.30. The number of benzene rings is 1. The molecular weight excluding hydrogens is 170 g/mol. The van der Waals surface area contributed by atoms with Gasteiger partial charge in [0.05, 0.1) is 0 Å². The van der Waals surface area contributed by atoms with Crippen molar-refractivity contribution in [1.29, 1.82) is 0 Å². The highest BCUT2D eigenvalue weighted by Gasteiger charge is 2.14. The zero-order valence-corrected chi connectivity index (χ0v) is 8.71. The lowest BCUT2D eigenvalue weighted by Crippen LogP contribution is -2.69. The molecule has 14 heavy (non-hydrogen) atoms. The standard InChI is InChI=1S/C13H19N/c1-14-13-9-7-12(8-10-13)11-5-3-2-4-6-11/h7-11H,1-6,14H2. The Balaban J connectivity index is 2.07. The van der Waals surface area contributed by atoms with Crippen LogP contribution in [0.25, 0.3) is 0 Å². The fourth-order valence-corrected chi connectivity index (χ4v) is 2.34. The van der Waals surface area contributed by atoms with E-state index in [1.54, 1.807) is 0 Å². The van der Waals surface area contributed by atoms with Crippen LogP contribution in [-0.2, 0) is 0 Å². The molecule has 76 valence electrons. The van der Waals surface area contributed by atoms with Gasteiger partial charge in [0.1, 0.15) is 5.69 Å². The van der Waals surface area contributed by atoms with Crippen LogP contribution in [0.2, 0.25) is 0 Å². The Morgan fingerprint density at radius 1 is 1.00 bits per heavy atom. The van der Waals surface area contributed by atoms with Crippen molar-refractivity contribution in [3.05, 3.63) is 36.9 Å². The van der Waals surface area contributed by atoms with Gasteiger partial charge in [-0.1, -0.05) is 31.4 Å². The van der Waals surface area contributed by atoms with Crippen molar-refractivity contribution < 1.29 is 5.32 Å². The molecule has 2 rings (SSSR count). The predicted octanol–water partition coefficient (Wildman–Crippen LogP) is 2.72. The van der Waals surface area contributed by atoms with Gasteiger partial charge in [0.2, 0.25) is 0 Å². The van der Waals surface area contributed by atoms with Crippen molar-refractivity contribution in [3.8, 4) is 0 Å². The molecule has 0 heterocycles. The molecule has 1 aliphatic rings. The third-order valence-electron chi connectivity index (χ3n) is 3.25.